The standard InChI is InChI=1S/C14H23NO2S3/c1-5-6-9-15-14(3,4)13(12-8-7-10-17-12)19-20-18-11(2)16/h7-8,10,13,15H,5-6,9H2,1-4H3. The van der Waals surface area contributed by atoms with Crippen LogP contribution < -0.4 is 5.32 Å². The molecule has 0 radical (unpaired) electrons. The summed E-state index contributed by atoms with van der Waals surface area (Å²) in [4.78, 5) is 11.1. The van der Waals surface area contributed by atoms with Crippen LogP contribution in [0.25, 0.3) is 0 Å². The molecule has 1 aromatic rings. The van der Waals surface area contributed by atoms with Crippen molar-refractivity contribution in [1.82, 2.24) is 5.32 Å². The molecule has 0 aliphatic rings. The molecule has 0 amide bonds. The third kappa shape index (κ3) is 6.16. The second-order valence-corrected chi connectivity index (χ2v) is 9.39. The van der Waals surface area contributed by atoms with E-state index in [2.05, 4.69) is 26.1 Å². The Bertz CT molecular complexity index is 393. The predicted octanol–water partition coefficient (Wildman–Crippen LogP) is 5.07. The van der Waals surface area contributed by atoms with E-state index < -0.39 is 0 Å². The maximum absolute atomic E-state index is 11.1. The third-order valence-corrected chi connectivity index (χ3v) is 7.29. The lowest BCUT2D eigenvalue weighted by Crippen LogP contribution is -2.43. The number of rotatable bonds is 9. The first-order chi connectivity index (χ1) is 9.47. The van der Waals surface area contributed by atoms with E-state index in [1.807, 2.05) is 12.1 Å². The van der Waals surface area contributed by atoms with Crippen LogP contribution in [0.4, 0.5) is 0 Å². The maximum Gasteiger partial charge on any atom is 0.197 e. The molecule has 1 heterocycles. The minimum atomic E-state index is -0.0952. The summed E-state index contributed by atoms with van der Waals surface area (Å²) in [5, 5.41) is 3.88. The van der Waals surface area contributed by atoms with E-state index in [4.69, 9.17) is 4.42 Å². The van der Waals surface area contributed by atoms with Crippen molar-refractivity contribution < 1.29 is 9.21 Å². The van der Waals surface area contributed by atoms with Crippen molar-refractivity contribution in [3.05, 3.63) is 24.2 Å². The molecule has 0 aromatic carbocycles. The first-order valence-electron chi connectivity index (χ1n) is 6.76. The van der Waals surface area contributed by atoms with E-state index in [9.17, 15) is 4.79 Å². The van der Waals surface area contributed by atoms with Crippen molar-refractivity contribution in [2.45, 2.75) is 51.3 Å². The van der Waals surface area contributed by atoms with Crippen LogP contribution >= 0.6 is 31.4 Å². The molecule has 6 heteroatoms. The smallest absolute Gasteiger partial charge is 0.197 e. The van der Waals surface area contributed by atoms with Crippen molar-refractivity contribution in [2.24, 2.45) is 0 Å². The number of furan rings is 1. The molecule has 114 valence electrons. The Balaban J connectivity index is 2.68. The Labute approximate surface area is 133 Å². The number of nitrogens with one attached hydrogen (secondary N) is 1. The summed E-state index contributed by atoms with van der Waals surface area (Å²) in [7, 11) is 4.47. The highest BCUT2D eigenvalue weighted by molar-refractivity contribution is 9.12. The third-order valence-electron chi connectivity index (χ3n) is 2.85. The molecule has 0 saturated carbocycles. The molecule has 0 saturated heterocycles. The van der Waals surface area contributed by atoms with Gasteiger partial charge in [-0.3, -0.25) is 4.79 Å². The molecule has 0 fully saturated rings. The summed E-state index contributed by atoms with van der Waals surface area (Å²) in [6, 6.07) is 3.91. The van der Waals surface area contributed by atoms with Crippen molar-refractivity contribution in [1.29, 1.82) is 0 Å². The van der Waals surface area contributed by atoms with Gasteiger partial charge in [-0.05, 0) is 59.6 Å². The van der Waals surface area contributed by atoms with Crippen molar-refractivity contribution in [3.8, 4) is 0 Å². The molecule has 0 aliphatic heterocycles. The van der Waals surface area contributed by atoms with Gasteiger partial charge in [0.1, 0.15) is 5.76 Å². The number of unbranched alkanes of at least 4 members (excludes halogenated alkanes) is 1. The lowest BCUT2D eigenvalue weighted by molar-refractivity contribution is -0.109. The van der Waals surface area contributed by atoms with Crippen molar-refractivity contribution in [3.63, 3.8) is 0 Å². The molecule has 3 nitrogen and oxygen atoms in total. The zero-order chi connectivity index (χ0) is 15.0. The largest absolute Gasteiger partial charge is 0.468 e. The van der Waals surface area contributed by atoms with Crippen LogP contribution in [0.5, 0.6) is 0 Å². The molecule has 1 N–H and O–H groups in total. The topological polar surface area (TPSA) is 42.2 Å². The average Bonchev–Trinajstić information content (AvgIpc) is 2.87. The molecule has 1 atom stereocenters. The van der Waals surface area contributed by atoms with Gasteiger partial charge < -0.3 is 9.73 Å². The maximum atomic E-state index is 11.1. The summed E-state index contributed by atoms with van der Waals surface area (Å²) in [6.07, 6.45) is 4.04. The minimum absolute atomic E-state index is 0.0952. The van der Waals surface area contributed by atoms with Crippen molar-refractivity contribution >= 4 is 36.5 Å². The second kappa shape index (κ2) is 9.07. The summed E-state index contributed by atoms with van der Waals surface area (Å²) in [6.45, 7) is 9.13. The summed E-state index contributed by atoms with van der Waals surface area (Å²) < 4.78 is 5.58. The summed E-state index contributed by atoms with van der Waals surface area (Å²) >= 11 is 0. The Morgan fingerprint density at radius 1 is 1.50 bits per heavy atom. The molecular weight excluding hydrogens is 310 g/mol. The first kappa shape index (κ1) is 18.0. The summed E-state index contributed by atoms with van der Waals surface area (Å²) in [5.74, 6) is 0.945. The highest BCUT2D eigenvalue weighted by Gasteiger charge is 2.33. The molecular formula is C14H23NO2S3. The second-order valence-electron chi connectivity index (χ2n) is 5.14. The van der Waals surface area contributed by atoms with E-state index in [0.717, 1.165) is 18.7 Å². The van der Waals surface area contributed by atoms with E-state index >= 15 is 0 Å². The first-order valence-corrected chi connectivity index (χ1v) is 10.3. The molecule has 1 aromatic heterocycles. The highest BCUT2D eigenvalue weighted by Crippen LogP contribution is 2.49. The van der Waals surface area contributed by atoms with Gasteiger partial charge in [-0.25, -0.2) is 0 Å². The fourth-order valence-corrected chi connectivity index (χ4v) is 6.09. The van der Waals surface area contributed by atoms with Gasteiger partial charge in [0.15, 0.2) is 5.12 Å². The zero-order valence-electron chi connectivity index (χ0n) is 12.5. The number of hydrogen-bond acceptors (Lipinski definition) is 6. The molecule has 1 rings (SSSR count). The Kier molecular flexibility index (Phi) is 8.17. The molecule has 0 spiro atoms. The van der Waals surface area contributed by atoms with Crippen LogP contribution in [-0.2, 0) is 4.79 Å². The van der Waals surface area contributed by atoms with E-state index in [1.54, 1.807) is 24.0 Å². The molecule has 20 heavy (non-hydrogen) atoms. The monoisotopic (exact) mass is 333 g/mol. The van der Waals surface area contributed by atoms with Crippen LogP contribution in [0.2, 0.25) is 0 Å². The van der Waals surface area contributed by atoms with Crippen LogP contribution in [0.1, 0.15) is 51.5 Å². The van der Waals surface area contributed by atoms with Gasteiger partial charge in [0.05, 0.1) is 11.5 Å². The van der Waals surface area contributed by atoms with Gasteiger partial charge in [0.25, 0.3) is 0 Å². The highest BCUT2D eigenvalue weighted by atomic mass is 33.5. The number of hydrogen-bond donors (Lipinski definition) is 1. The molecule has 1 unspecified atom stereocenters. The van der Waals surface area contributed by atoms with E-state index in [1.165, 1.54) is 27.0 Å². The fraction of sp³-hybridized carbons (Fsp3) is 0.643. The minimum Gasteiger partial charge on any atom is -0.468 e. The quantitative estimate of drug-likeness (QED) is 0.503. The number of carbonyl (C=O) groups excluding carboxylic acids is 1. The SMILES string of the molecule is CCCCNC(C)(C)C(SSSC(C)=O)c1ccco1. The van der Waals surface area contributed by atoms with E-state index in [0.29, 0.717) is 0 Å². The van der Waals surface area contributed by atoms with Crippen LogP contribution in [0.15, 0.2) is 22.8 Å². The lowest BCUT2D eigenvalue weighted by atomic mass is 9.98. The molecule has 0 aliphatic carbocycles. The van der Waals surface area contributed by atoms with E-state index in [-0.39, 0.29) is 15.9 Å². The molecule has 0 bridgehead atoms. The van der Waals surface area contributed by atoms with Gasteiger partial charge in [0.2, 0.25) is 0 Å². The van der Waals surface area contributed by atoms with Gasteiger partial charge >= 0.3 is 0 Å². The van der Waals surface area contributed by atoms with Gasteiger partial charge in [-0.2, -0.15) is 0 Å². The Morgan fingerprint density at radius 2 is 2.25 bits per heavy atom. The zero-order valence-corrected chi connectivity index (χ0v) is 14.9. The van der Waals surface area contributed by atoms with Crippen LogP contribution in [0.3, 0.4) is 0 Å². The number of carbonyl (C=O) groups is 1. The summed E-state index contributed by atoms with van der Waals surface area (Å²) in [5.41, 5.74) is -0.0952. The Hall–Kier alpha value is -0.0400. The average molecular weight is 334 g/mol. The predicted molar refractivity (Wildman–Crippen MR) is 91.9 cm³/mol. The normalized spacial score (nSPS) is 13.4. The van der Waals surface area contributed by atoms with Gasteiger partial charge in [-0.15, -0.1) is 0 Å². The van der Waals surface area contributed by atoms with Crippen molar-refractivity contribution in [2.75, 3.05) is 6.54 Å². The van der Waals surface area contributed by atoms with Gasteiger partial charge in [0, 0.05) is 12.5 Å². The fourth-order valence-electron chi connectivity index (χ4n) is 1.75. The van der Waals surface area contributed by atoms with Gasteiger partial charge in [-0.1, -0.05) is 24.1 Å². The van der Waals surface area contributed by atoms with Crippen LogP contribution in [0, 0.1) is 0 Å². The Morgan fingerprint density at radius 3 is 2.80 bits per heavy atom. The lowest BCUT2D eigenvalue weighted by Gasteiger charge is -2.33. The van der Waals surface area contributed by atoms with Crippen LogP contribution in [-0.4, -0.2) is 17.2 Å².